The standard InChI is InChI=1S/C30H36ClN3O5S/c1-6-16-32-30(36)23(4)33(19-24-8-7-9-26(18-24)39-5)29(35)20-34(28-15-12-25(31)17-22(28)3)40(37,38)27-13-10-21(2)11-14-27/h7-15,17-18,23H,6,16,19-20H2,1-5H3,(H,32,36)/t23-/m1/s1. The molecule has 0 aliphatic heterocycles. The second-order valence-corrected chi connectivity index (χ2v) is 11.9. The summed E-state index contributed by atoms with van der Waals surface area (Å²) in [6.45, 7) is 7.19. The molecule has 0 unspecified atom stereocenters. The molecule has 1 N–H and O–H groups in total. The van der Waals surface area contributed by atoms with Crippen LogP contribution in [0.1, 0.15) is 37.0 Å². The third-order valence-electron chi connectivity index (χ3n) is 6.52. The van der Waals surface area contributed by atoms with Crippen LogP contribution >= 0.6 is 11.6 Å². The van der Waals surface area contributed by atoms with E-state index < -0.39 is 28.5 Å². The Labute approximate surface area is 241 Å². The summed E-state index contributed by atoms with van der Waals surface area (Å²) in [5.41, 5.74) is 2.55. The highest BCUT2D eigenvalue weighted by Crippen LogP contribution is 2.29. The van der Waals surface area contributed by atoms with E-state index in [-0.39, 0.29) is 17.3 Å². The van der Waals surface area contributed by atoms with Gasteiger partial charge in [-0.1, -0.05) is 48.4 Å². The number of benzene rings is 3. The van der Waals surface area contributed by atoms with Crippen molar-refractivity contribution in [2.75, 3.05) is 24.5 Å². The van der Waals surface area contributed by atoms with E-state index in [1.54, 1.807) is 69.5 Å². The highest BCUT2D eigenvalue weighted by Gasteiger charge is 2.33. The molecule has 3 aromatic carbocycles. The number of nitrogens with one attached hydrogen (secondary N) is 1. The molecule has 10 heteroatoms. The number of rotatable bonds is 12. The number of carbonyl (C=O) groups excluding carboxylic acids is 2. The maximum atomic E-state index is 14.0. The number of nitrogens with zero attached hydrogens (tertiary/aromatic N) is 2. The average Bonchev–Trinajstić information content (AvgIpc) is 2.93. The van der Waals surface area contributed by atoms with Crippen molar-refractivity contribution in [3.8, 4) is 5.75 Å². The Kier molecular flexibility index (Phi) is 10.6. The van der Waals surface area contributed by atoms with Crippen molar-refractivity contribution < 1.29 is 22.7 Å². The van der Waals surface area contributed by atoms with Crippen molar-refractivity contribution in [2.45, 2.75) is 51.6 Å². The minimum atomic E-state index is -4.16. The lowest BCUT2D eigenvalue weighted by Crippen LogP contribution is -2.51. The predicted molar refractivity (Wildman–Crippen MR) is 158 cm³/mol. The topological polar surface area (TPSA) is 96.0 Å². The van der Waals surface area contributed by atoms with Crippen LogP contribution in [0.25, 0.3) is 0 Å². The zero-order valence-electron chi connectivity index (χ0n) is 23.5. The Morgan fingerprint density at radius 3 is 2.35 bits per heavy atom. The Morgan fingerprint density at radius 1 is 1.02 bits per heavy atom. The van der Waals surface area contributed by atoms with Crippen molar-refractivity contribution in [3.05, 3.63) is 88.4 Å². The summed E-state index contributed by atoms with van der Waals surface area (Å²) in [6.07, 6.45) is 0.737. The fourth-order valence-electron chi connectivity index (χ4n) is 4.20. The molecule has 0 saturated heterocycles. The third-order valence-corrected chi connectivity index (χ3v) is 8.53. The summed E-state index contributed by atoms with van der Waals surface area (Å²) < 4.78 is 34.3. The Balaban J connectivity index is 2.06. The first kappa shape index (κ1) is 31.0. The number of aryl methyl sites for hydroxylation is 2. The minimum Gasteiger partial charge on any atom is -0.497 e. The summed E-state index contributed by atoms with van der Waals surface area (Å²) >= 11 is 6.16. The second kappa shape index (κ2) is 13.7. The van der Waals surface area contributed by atoms with Crippen LogP contribution in [-0.4, -0.2) is 51.4 Å². The number of carbonyl (C=O) groups is 2. The Morgan fingerprint density at radius 2 is 1.73 bits per heavy atom. The van der Waals surface area contributed by atoms with Crippen molar-refractivity contribution in [3.63, 3.8) is 0 Å². The molecule has 214 valence electrons. The molecule has 0 radical (unpaired) electrons. The van der Waals surface area contributed by atoms with Crippen molar-refractivity contribution in [2.24, 2.45) is 0 Å². The smallest absolute Gasteiger partial charge is 0.264 e. The van der Waals surface area contributed by atoms with Crippen LogP contribution < -0.4 is 14.4 Å². The monoisotopic (exact) mass is 585 g/mol. The molecule has 0 heterocycles. The maximum Gasteiger partial charge on any atom is 0.264 e. The van der Waals surface area contributed by atoms with Crippen molar-refractivity contribution >= 4 is 39.1 Å². The van der Waals surface area contributed by atoms with E-state index in [1.807, 2.05) is 19.9 Å². The zero-order valence-corrected chi connectivity index (χ0v) is 25.1. The van der Waals surface area contributed by atoms with Crippen LogP contribution in [0.15, 0.2) is 71.6 Å². The molecule has 0 aliphatic carbocycles. The number of hydrogen-bond donors (Lipinski definition) is 1. The number of halogens is 1. The van der Waals surface area contributed by atoms with E-state index in [0.29, 0.717) is 28.6 Å². The lowest BCUT2D eigenvalue weighted by Gasteiger charge is -2.32. The Hall–Kier alpha value is -3.56. The molecule has 1 atom stereocenters. The molecule has 40 heavy (non-hydrogen) atoms. The van der Waals surface area contributed by atoms with Gasteiger partial charge in [-0.2, -0.15) is 0 Å². The second-order valence-electron chi connectivity index (χ2n) is 9.60. The van der Waals surface area contributed by atoms with Crippen LogP contribution in [0.5, 0.6) is 5.75 Å². The first-order chi connectivity index (χ1) is 19.0. The number of methoxy groups -OCH3 is 1. The average molecular weight is 586 g/mol. The zero-order chi connectivity index (χ0) is 29.4. The van der Waals surface area contributed by atoms with Gasteiger partial charge in [0.2, 0.25) is 11.8 Å². The highest BCUT2D eigenvalue weighted by atomic mass is 35.5. The normalized spacial score (nSPS) is 11.9. The van der Waals surface area contributed by atoms with E-state index in [9.17, 15) is 18.0 Å². The number of ether oxygens (including phenoxy) is 1. The summed E-state index contributed by atoms with van der Waals surface area (Å²) in [7, 11) is -2.61. The summed E-state index contributed by atoms with van der Waals surface area (Å²) in [4.78, 5) is 28.4. The number of anilines is 1. The van der Waals surface area contributed by atoms with Gasteiger partial charge in [0.1, 0.15) is 18.3 Å². The van der Waals surface area contributed by atoms with Crippen LogP contribution in [0.4, 0.5) is 5.69 Å². The first-order valence-electron chi connectivity index (χ1n) is 13.0. The summed E-state index contributed by atoms with van der Waals surface area (Å²) in [6, 6.07) is 17.6. The molecule has 3 aromatic rings. The quantitative estimate of drug-likeness (QED) is 0.319. The molecule has 2 amide bonds. The van der Waals surface area contributed by atoms with Gasteiger partial charge >= 0.3 is 0 Å². The molecule has 0 fully saturated rings. The highest BCUT2D eigenvalue weighted by molar-refractivity contribution is 7.92. The van der Waals surface area contributed by atoms with E-state index in [4.69, 9.17) is 16.3 Å². The number of hydrogen-bond acceptors (Lipinski definition) is 5. The van der Waals surface area contributed by atoms with Gasteiger partial charge in [0.25, 0.3) is 10.0 Å². The fourth-order valence-corrected chi connectivity index (χ4v) is 5.90. The van der Waals surface area contributed by atoms with Gasteiger partial charge in [0, 0.05) is 18.1 Å². The molecular formula is C30H36ClN3O5S. The van der Waals surface area contributed by atoms with Gasteiger partial charge in [0.15, 0.2) is 0 Å². The molecule has 0 bridgehead atoms. The largest absolute Gasteiger partial charge is 0.497 e. The van der Waals surface area contributed by atoms with E-state index in [2.05, 4.69) is 5.32 Å². The van der Waals surface area contributed by atoms with E-state index in [0.717, 1.165) is 21.9 Å². The van der Waals surface area contributed by atoms with Gasteiger partial charge in [-0.05, 0) is 80.8 Å². The molecule has 0 aliphatic rings. The van der Waals surface area contributed by atoms with Gasteiger partial charge in [-0.3, -0.25) is 13.9 Å². The fraction of sp³-hybridized carbons (Fsp3) is 0.333. The maximum absolute atomic E-state index is 14.0. The molecule has 0 aromatic heterocycles. The van der Waals surface area contributed by atoms with Gasteiger partial charge in [-0.15, -0.1) is 0 Å². The van der Waals surface area contributed by atoms with Crippen LogP contribution in [0.3, 0.4) is 0 Å². The van der Waals surface area contributed by atoms with Gasteiger partial charge < -0.3 is 15.0 Å². The summed E-state index contributed by atoms with van der Waals surface area (Å²) in [5.74, 6) is -0.255. The molecule has 0 spiro atoms. The molecule has 0 saturated carbocycles. The van der Waals surface area contributed by atoms with E-state index in [1.165, 1.54) is 17.0 Å². The SMILES string of the molecule is CCCNC(=O)[C@@H](C)N(Cc1cccc(OC)c1)C(=O)CN(c1ccc(Cl)cc1C)S(=O)(=O)c1ccc(C)cc1. The van der Waals surface area contributed by atoms with Crippen molar-refractivity contribution in [1.29, 1.82) is 0 Å². The van der Waals surface area contributed by atoms with Crippen molar-refractivity contribution in [1.82, 2.24) is 10.2 Å². The van der Waals surface area contributed by atoms with Crippen LogP contribution in [0, 0.1) is 13.8 Å². The lowest BCUT2D eigenvalue weighted by molar-refractivity contribution is -0.139. The van der Waals surface area contributed by atoms with Crippen LogP contribution in [0.2, 0.25) is 5.02 Å². The van der Waals surface area contributed by atoms with Gasteiger partial charge in [-0.25, -0.2) is 8.42 Å². The third kappa shape index (κ3) is 7.55. The minimum absolute atomic E-state index is 0.0494. The van der Waals surface area contributed by atoms with Gasteiger partial charge in [0.05, 0.1) is 17.7 Å². The van der Waals surface area contributed by atoms with E-state index >= 15 is 0 Å². The number of amides is 2. The Bertz CT molecular complexity index is 1440. The summed E-state index contributed by atoms with van der Waals surface area (Å²) in [5, 5.41) is 3.28. The first-order valence-corrected chi connectivity index (χ1v) is 14.9. The lowest BCUT2D eigenvalue weighted by atomic mass is 10.1. The predicted octanol–water partition coefficient (Wildman–Crippen LogP) is 5.10. The number of sulfonamides is 1. The molecule has 3 rings (SSSR count). The molecule has 8 nitrogen and oxygen atoms in total. The molecular weight excluding hydrogens is 550 g/mol. The van der Waals surface area contributed by atoms with Crippen LogP contribution in [-0.2, 0) is 26.2 Å².